The topological polar surface area (TPSA) is 12.5 Å². The fraction of sp³-hybridized carbons (Fsp3) is 0.125. The molecule has 2 heterocycles. The Morgan fingerprint density at radius 1 is 0.559 bits per heavy atom. The monoisotopic (exact) mass is 439 g/mol. The number of ether oxygens (including phenoxy) is 1. The molecule has 5 aromatic rings. The molecule has 2 aliphatic rings. The van der Waals surface area contributed by atoms with Gasteiger partial charge in [0.05, 0.1) is 17.9 Å². The third-order valence-corrected chi connectivity index (χ3v) is 7.28. The van der Waals surface area contributed by atoms with Gasteiger partial charge in [0, 0.05) is 16.8 Å². The van der Waals surface area contributed by atoms with Gasteiger partial charge in [-0.05, 0) is 76.9 Å². The molecule has 2 unspecified atom stereocenters. The zero-order valence-corrected chi connectivity index (χ0v) is 18.9. The van der Waals surface area contributed by atoms with E-state index in [1.807, 2.05) is 0 Å². The lowest BCUT2D eigenvalue weighted by Crippen LogP contribution is -2.10. The highest BCUT2D eigenvalue weighted by molar-refractivity contribution is 6.06. The van der Waals surface area contributed by atoms with E-state index in [9.17, 15) is 0 Å². The normalized spacial score (nSPS) is 18.2. The Morgan fingerprint density at radius 2 is 1.18 bits per heavy atom. The third-order valence-electron chi connectivity index (χ3n) is 7.28. The lowest BCUT2D eigenvalue weighted by Gasteiger charge is -2.27. The van der Waals surface area contributed by atoms with Crippen molar-refractivity contribution in [2.45, 2.75) is 25.0 Å². The molecule has 0 saturated carbocycles. The number of anilines is 3. The minimum atomic E-state index is 0.275. The van der Waals surface area contributed by atoms with E-state index < -0.39 is 0 Å². The Morgan fingerprint density at radius 3 is 1.88 bits per heavy atom. The average Bonchev–Trinajstić information content (AvgIpc) is 3.53. The van der Waals surface area contributed by atoms with Gasteiger partial charge >= 0.3 is 0 Å². The first-order valence-corrected chi connectivity index (χ1v) is 12.1. The molecule has 0 amide bonds. The van der Waals surface area contributed by atoms with E-state index in [0.717, 1.165) is 24.2 Å². The molecule has 2 bridgehead atoms. The van der Waals surface area contributed by atoms with E-state index in [4.69, 9.17) is 4.74 Å². The van der Waals surface area contributed by atoms with Crippen molar-refractivity contribution in [2.75, 3.05) is 4.90 Å². The van der Waals surface area contributed by atoms with Gasteiger partial charge in [-0.15, -0.1) is 0 Å². The van der Waals surface area contributed by atoms with Crippen LogP contribution in [0.2, 0.25) is 0 Å². The SMILES string of the molecule is c1ccc(N(c2ccccc2)c2ccc(-c3ccc4c(c3)C3CCC4O3)c3ccccc23)cc1. The molecule has 7 rings (SSSR count). The first kappa shape index (κ1) is 19.6. The van der Waals surface area contributed by atoms with Gasteiger partial charge in [0.25, 0.3) is 0 Å². The summed E-state index contributed by atoms with van der Waals surface area (Å²) < 4.78 is 6.16. The predicted molar refractivity (Wildman–Crippen MR) is 140 cm³/mol. The second-order valence-electron chi connectivity index (χ2n) is 9.22. The minimum Gasteiger partial charge on any atom is -0.366 e. The Balaban J connectivity index is 1.42. The number of para-hydroxylation sites is 2. The van der Waals surface area contributed by atoms with Crippen LogP contribution in [0.1, 0.15) is 36.2 Å². The van der Waals surface area contributed by atoms with Crippen molar-refractivity contribution < 1.29 is 4.74 Å². The summed E-state index contributed by atoms with van der Waals surface area (Å²) in [7, 11) is 0. The van der Waals surface area contributed by atoms with Gasteiger partial charge in [-0.3, -0.25) is 0 Å². The molecule has 0 spiro atoms. The summed E-state index contributed by atoms with van der Waals surface area (Å²) >= 11 is 0. The second kappa shape index (κ2) is 7.86. The summed E-state index contributed by atoms with van der Waals surface area (Å²) in [6, 6.07) is 41.5. The maximum atomic E-state index is 6.16. The number of benzene rings is 5. The molecule has 0 aliphatic carbocycles. The molecular weight excluding hydrogens is 414 g/mol. The summed E-state index contributed by atoms with van der Waals surface area (Å²) in [4.78, 5) is 2.35. The fourth-order valence-corrected chi connectivity index (χ4v) is 5.72. The van der Waals surface area contributed by atoms with Crippen molar-refractivity contribution >= 4 is 27.8 Å². The van der Waals surface area contributed by atoms with E-state index in [1.54, 1.807) is 0 Å². The Kier molecular flexibility index (Phi) is 4.53. The van der Waals surface area contributed by atoms with E-state index >= 15 is 0 Å². The lowest BCUT2D eigenvalue weighted by molar-refractivity contribution is 0.0717. The van der Waals surface area contributed by atoms with Crippen LogP contribution in [0.3, 0.4) is 0 Å². The molecule has 0 aromatic heterocycles. The summed E-state index contributed by atoms with van der Waals surface area (Å²) in [6.07, 6.45) is 2.88. The standard InChI is InChI=1S/C32H25NO/c1-3-9-23(10-4-1)33(24-11-5-2-6-12-24)30-18-17-25(26-13-7-8-14-27(26)30)22-15-16-28-29(21-22)32-20-19-31(28)34-32/h1-18,21,31-32H,19-20H2. The molecule has 0 N–H and O–H groups in total. The van der Waals surface area contributed by atoms with Crippen LogP contribution in [-0.4, -0.2) is 0 Å². The lowest BCUT2D eigenvalue weighted by atomic mass is 9.88. The summed E-state index contributed by atoms with van der Waals surface area (Å²) in [5.41, 5.74) is 8.79. The summed E-state index contributed by atoms with van der Waals surface area (Å²) in [5, 5.41) is 2.51. The predicted octanol–water partition coefficient (Wildman–Crippen LogP) is 8.88. The quantitative estimate of drug-likeness (QED) is 0.277. The molecular formula is C32H25NO. The van der Waals surface area contributed by atoms with Gasteiger partial charge in [0.15, 0.2) is 0 Å². The number of hydrogen-bond donors (Lipinski definition) is 0. The van der Waals surface area contributed by atoms with E-state index in [2.05, 4.69) is 120 Å². The highest BCUT2D eigenvalue weighted by atomic mass is 16.5. The maximum absolute atomic E-state index is 6.16. The molecule has 0 radical (unpaired) electrons. The minimum absolute atomic E-state index is 0.275. The maximum Gasteiger partial charge on any atom is 0.0838 e. The molecule has 1 fully saturated rings. The van der Waals surface area contributed by atoms with Crippen molar-refractivity contribution in [3.8, 4) is 11.1 Å². The van der Waals surface area contributed by atoms with Gasteiger partial charge in [0.2, 0.25) is 0 Å². The molecule has 1 saturated heterocycles. The molecule has 2 aliphatic heterocycles. The zero-order chi connectivity index (χ0) is 22.5. The van der Waals surface area contributed by atoms with Crippen LogP contribution < -0.4 is 4.90 Å². The van der Waals surface area contributed by atoms with Crippen molar-refractivity contribution in [1.82, 2.24) is 0 Å². The first-order valence-electron chi connectivity index (χ1n) is 12.1. The van der Waals surface area contributed by atoms with Crippen molar-refractivity contribution in [1.29, 1.82) is 0 Å². The van der Waals surface area contributed by atoms with Crippen LogP contribution in [0.5, 0.6) is 0 Å². The van der Waals surface area contributed by atoms with Crippen molar-refractivity contribution in [3.63, 3.8) is 0 Å². The van der Waals surface area contributed by atoms with Crippen molar-refractivity contribution in [2.24, 2.45) is 0 Å². The molecule has 2 nitrogen and oxygen atoms in total. The van der Waals surface area contributed by atoms with Crippen LogP contribution in [0, 0.1) is 0 Å². The highest BCUT2D eigenvalue weighted by Crippen LogP contribution is 2.51. The number of rotatable bonds is 4. The Hall–Kier alpha value is -3.88. The van der Waals surface area contributed by atoms with Crippen LogP contribution in [0.25, 0.3) is 21.9 Å². The van der Waals surface area contributed by atoms with Crippen LogP contribution in [0.4, 0.5) is 17.1 Å². The zero-order valence-electron chi connectivity index (χ0n) is 18.9. The highest BCUT2D eigenvalue weighted by Gasteiger charge is 2.37. The summed E-state index contributed by atoms with van der Waals surface area (Å²) in [5.74, 6) is 0. The fourth-order valence-electron chi connectivity index (χ4n) is 5.72. The van der Waals surface area contributed by atoms with Gasteiger partial charge in [-0.25, -0.2) is 0 Å². The van der Waals surface area contributed by atoms with Gasteiger partial charge in [0.1, 0.15) is 0 Å². The Labute approximate surface area is 200 Å². The first-order chi connectivity index (χ1) is 16.9. The average molecular weight is 440 g/mol. The van der Waals surface area contributed by atoms with E-state index in [1.165, 1.54) is 38.7 Å². The van der Waals surface area contributed by atoms with Gasteiger partial charge < -0.3 is 9.64 Å². The van der Waals surface area contributed by atoms with Gasteiger partial charge in [-0.1, -0.05) is 78.9 Å². The molecule has 5 aromatic carbocycles. The molecule has 164 valence electrons. The smallest absolute Gasteiger partial charge is 0.0838 e. The number of nitrogens with zero attached hydrogens (tertiary/aromatic N) is 1. The largest absolute Gasteiger partial charge is 0.366 e. The van der Waals surface area contributed by atoms with Crippen molar-refractivity contribution in [3.05, 3.63) is 126 Å². The van der Waals surface area contributed by atoms with Crippen LogP contribution in [0.15, 0.2) is 115 Å². The molecule has 34 heavy (non-hydrogen) atoms. The van der Waals surface area contributed by atoms with E-state index in [-0.39, 0.29) is 6.10 Å². The Bertz CT molecular complexity index is 1450. The third kappa shape index (κ3) is 3.07. The van der Waals surface area contributed by atoms with E-state index in [0.29, 0.717) is 6.10 Å². The number of fused-ring (bicyclic) bond motifs is 6. The van der Waals surface area contributed by atoms with Crippen LogP contribution >= 0.6 is 0 Å². The molecule has 2 heteroatoms. The summed E-state index contributed by atoms with van der Waals surface area (Å²) in [6.45, 7) is 0. The van der Waals surface area contributed by atoms with Gasteiger partial charge in [-0.2, -0.15) is 0 Å². The number of hydrogen-bond acceptors (Lipinski definition) is 2. The van der Waals surface area contributed by atoms with Crippen LogP contribution in [-0.2, 0) is 4.74 Å². The second-order valence-corrected chi connectivity index (χ2v) is 9.22. The molecule has 2 atom stereocenters.